The van der Waals surface area contributed by atoms with Crippen molar-refractivity contribution in [2.24, 2.45) is 0 Å². The van der Waals surface area contributed by atoms with Gasteiger partial charge < -0.3 is 19.4 Å². The highest BCUT2D eigenvalue weighted by Crippen LogP contribution is 2.26. The Morgan fingerprint density at radius 1 is 1.14 bits per heavy atom. The van der Waals surface area contributed by atoms with Crippen LogP contribution in [0.15, 0.2) is 59.0 Å². The van der Waals surface area contributed by atoms with Crippen LogP contribution in [0.25, 0.3) is 11.0 Å². The van der Waals surface area contributed by atoms with Gasteiger partial charge in [0, 0.05) is 18.5 Å². The molecule has 0 saturated heterocycles. The summed E-state index contributed by atoms with van der Waals surface area (Å²) in [6.45, 7) is 4.00. The fraction of sp³-hybridized carbons (Fsp3) is 0.348. The molecule has 2 unspecified atom stereocenters. The molecule has 148 valence electrons. The van der Waals surface area contributed by atoms with E-state index in [-0.39, 0.29) is 18.1 Å². The van der Waals surface area contributed by atoms with Crippen LogP contribution >= 0.6 is 0 Å². The highest BCUT2D eigenvalue weighted by atomic mass is 16.5. The van der Waals surface area contributed by atoms with E-state index >= 15 is 0 Å². The third-order valence-electron chi connectivity index (χ3n) is 5.15. The first-order valence-electron chi connectivity index (χ1n) is 9.62. The minimum atomic E-state index is -0.152. The van der Waals surface area contributed by atoms with Gasteiger partial charge in [0.15, 0.2) is 0 Å². The van der Waals surface area contributed by atoms with E-state index < -0.39 is 0 Å². The Morgan fingerprint density at radius 2 is 1.86 bits per heavy atom. The van der Waals surface area contributed by atoms with Gasteiger partial charge in [-0.15, -0.1) is 0 Å². The van der Waals surface area contributed by atoms with E-state index in [0.29, 0.717) is 0 Å². The van der Waals surface area contributed by atoms with Gasteiger partial charge in [-0.3, -0.25) is 0 Å². The van der Waals surface area contributed by atoms with Gasteiger partial charge in [0.05, 0.1) is 13.2 Å². The van der Waals surface area contributed by atoms with Crippen LogP contribution in [0.5, 0.6) is 5.75 Å². The Hall–Kier alpha value is -2.95. The maximum Gasteiger partial charge on any atom is 0.317 e. The Balaban J connectivity index is 1.53. The van der Waals surface area contributed by atoms with E-state index in [2.05, 4.69) is 17.4 Å². The number of benzene rings is 2. The van der Waals surface area contributed by atoms with Gasteiger partial charge in [-0.2, -0.15) is 0 Å². The van der Waals surface area contributed by atoms with Crippen LogP contribution < -0.4 is 10.1 Å². The molecule has 1 aromatic heterocycles. The molecule has 2 atom stereocenters. The van der Waals surface area contributed by atoms with E-state index in [9.17, 15) is 4.79 Å². The van der Waals surface area contributed by atoms with E-state index in [4.69, 9.17) is 9.15 Å². The Morgan fingerprint density at radius 3 is 2.54 bits per heavy atom. The zero-order valence-corrected chi connectivity index (χ0v) is 16.9. The fourth-order valence-electron chi connectivity index (χ4n) is 3.14. The summed E-state index contributed by atoms with van der Waals surface area (Å²) in [5.41, 5.74) is 2.07. The molecule has 0 aliphatic rings. The zero-order valence-electron chi connectivity index (χ0n) is 16.9. The number of carbonyl (C=O) groups is 1. The van der Waals surface area contributed by atoms with Gasteiger partial charge in [0.2, 0.25) is 0 Å². The number of rotatable bonds is 7. The van der Waals surface area contributed by atoms with Crippen molar-refractivity contribution in [1.82, 2.24) is 10.2 Å². The number of methoxy groups -OCH3 is 1. The molecule has 5 heteroatoms. The van der Waals surface area contributed by atoms with E-state index in [0.717, 1.165) is 35.3 Å². The number of carbonyl (C=O) groups excluding carboxylic acids is 1. The molecule has 3 rings (SSSR count). The van der Waals surface area contributed by atoms with Gasteiger partial charge in [-0.25, -0.2) is 4.79 Å². The second kappa shape index (κ2) is 8.83. The van der Waals surface area contributed by atoms with Gasteiger partial charge in [-0.05, 0) is 56.5 Å². The van der Waals surface area contributed by atoms with Gasteiger partial charge in [0.1, 0.15) is 17.1 Å². The molecule has 0 aliphatic carbocycles. The number of hydrogen-bond acceptors (Lipinski definition) is 3. The van der Waals surface area contributed by atoms with E-state index in [1.165, 1.54) is 5.56 Å². The van der Waals surface area contributed by atoms with Crippen LogP contribution in [0.4, 0.5) is 4.79 Å². The molecule has 2 aromatic carbocycles. The molecule has 28 heavy (non-hydrogen) atoms. The summed E-state index contributed by atoms with van der Waals surface area (Å²) < 4.78 is 11.1. The second-order valence-corrected chi connectivity index (χ2v) is 7.21. The molecular formula is C23H28N2O3. The lowest BCUT2D eigenvalue weighted by Crippen LogP contribution is -2.43. The molecule has 0 radical (unpaired) electrons. The topological polar surface area (TPSA) is 54.7 Å². The predicted octanol–water partition coefficient (Wildman–Crippen LogP) is 5.17. The number of fused-ring (bicyclic) bond motifs is 1. The van der Waals surface area contributed by atoms with Crippen molar-refractivity contribution in [1.29, 1.82) is 0 Å². The van der Waals surface area contributed by atoms with E-state index in [1.807, 2.05) is 56.3 Å². The van der Waals surface area contributed by atoms with Crippen LogP contribution in [0.2, 0.25) is 0 Å². The lowest BCUT2D eigenvalue weighted by Gasteiger charge is -2.25. The maximum absolute atomic E-state index is 12.6. The fourth-order valence-corrected chi connectivity index (χ4v) is 3.14. The molecular weight excluding hydrogens is 352 g/mol. The first-order chi connectivity index (χ1) is 13.5. The van der Waals surface area contributed by atoms with Crippen molar-refractivity contribution in [3.05, 3.63) is 65.9 Å². The highest BCUT2D eigenvalue weighted by Gasteiger charge is 2.21. The number of urea groups is 1. The van der Waals surface area contributed by atoms with Crippen molar-refractivity contribution in [2.45, 2.75) is 38.8 Å². The van der Waals surface area contributed by atoms with Crippen LogP contribution in [-0.2, 0) is 6.42 Å². The van der Waals surface area contributed by atoms with Gasteiger partial charge in [-0.1, -0.05) is 30.3 Å². The first kappa shape index (κ1) is 19.8. The molecule has 5 nitrogen and oxygen atoms in total. The van der Waals surface area contributed by atoms with Crippen molar-refractivity contribution >= 4 is 17.0 Å². The number of nitrogens with zero attached hydrogens (tertiary/aromatic N) is 1. The Bertz CT molecular complexity index is 884. The number of furan rings is 1. The van der Waals surface area contributed by atoms with Crippen molar-refractivity contribution in [3.8, 4) is 5.75 Å². The number of aryl methyl sites for hydroxylation is 1. The summed E-state index contributed by atoms with van der Waals surface area (Å²) in [7, 11) is 3.46. The van der Waals surface area contributed by atoms with Crippen LogP contribution in [0, 0.1) is 0 Å². The number of nitrogens with one attached hydrogen (secondary N) is 1. The van der Waals surface area contributed by atoms with Crippen molar-refractivity contribution in [3.63, 3.8) is 0 Å². The number of amides is 2. The molecule has 0 aliphatic heterocycles. The lowest BCUT2D eigenvalue weighted by atomic mass is 10.1. The van der Waals surface area contributed by atoms with E-state index in [1.54, 1.807) is 19.1 Å². The normalized spacial score (nSPS) is 13.1. The number of para-hydroxylation sites is 1. The smallest absolute Gasteiger partial charge is 0.317 e. The maximum atomic E-state index is 12.6. The summed E-state index contributed by atoms with van der Waals surface area (Å²) in [5.74, 6) is 1.64. The van der Waals surface area contributed by atoms with Crippen LogP contribution in [0.3, 0.4) is 0 Å². The highest BCUT2D eigenvalue weighted by molar-refractivity contribution is 5.78. The summed E-state index contributed by atoms with van der Waals surface area (Å²) in [5, 5.41) is 4.12. The first-order valence-corrected chi connectivity index (χ1v) is 9.62. The molecule has 0 fully saturated rings. The SMILES string of the molecule is COc1ccc(CCC(C)NC(=O)N(C)C(C)c2cc3ccccc3o2)cc1. The van der Waals surface area contributed by atoms with Gasteiger partial charge in [0.25, 0.3) is 0 Å². The predicted molar refractivity (Wildman–Crippen MR) is 112 cm³/mol. The zero-order chi connectivity index (χ0) is 20.1. The second-order valence-electron chi connectivity index (χ2n) is 7.21. The molecule has 1 heterocycles. The quantitative estimate of drug-likeness (QED) is 0.615. The minimum Gasteiger partial charge on any atom is -0.497 e. The summed E-state index contributed by atoms with van der Waals surface area (Å²) in [6, 6.07) is 17.7. The largest absolute Gasteiger partial charge is 0.497 e. The summed E-state index contributed by atoms with van der Waals surface area (Å²) in [4.78, 5) is 14.3. The number of ether oxygens (including phenoxy) is 1. The van der Waals surface area contributed by atoms with Crippen LogP contribution in [0.1, 0.15) is 37.6 Å². The number of hydrogen-bond donors (Lipinski definition) is 1. The van der Waals surface area contributed by atoms with Crippen molar-refractivity contribution < 1.29 is 13.9 Å². The summed E-state index contributed by atoms with van der Waals surface area (Å²) in [6.07, 6.45) is 1.76. The molecule has 1 N–H and O–H groups in total. The molecule has 0 bridgehead atoms. The minimum absolute atomic E-state index is 0.0694. The standard InChI is InChI=1S/C23H28N2O3/c1-16(9-10-18-11-13-20(27-4)14-12-18)24-23(26)25(3)17(2)22-15-19-7-5-6-8-21(19)28-22/h5-8,11-17H,9-10H2,1-4H3,(H,24,26). The third kappa shape index (κ3) is 4.66. The average Bonchev–Trinajstić information content (AvgIpc) is 3.15. The van der Waals surface area contributed by atoms with Crippen LogP contribution in [-0.4, -0.2) is 31.1 Å². The summed E-state index contributed by atoms with van der Waals surface area (Å²) >= 11 is 0. The molecule has 3 aromatic rings. The molecule has 2 amide bonds. The van der Waals surface area contributed by atoms with Crippen molar-refractivity contribution in [2.75, 3.05) is 14.2 Å². The lowest BCUT2D eigenvalue weighted by molar-refractivity contribution is 0.184. The van der Waals surface area contributed by atoms with Gasteiger partial charge >= 0.3 is 6.03 Å². The molecule has 0 saturated carbocycles. The third-order valence-corrected chi connectivity index (χ3v) is 5.15. The monoisotopic (exact) mass is 380 g/mol. The average molecular weight is 380 g/mol. The Kier molecular flexibility index (Phi) is 6.24. The molecule has 0 spiro atoms. The Labute approximate surface area is 166 Å².